The number of anilines is 1. The number of alkyl carbamates (subject to hydrolysis) is 1. The highest BCUT2D eigenvalue weighted by Crippen LogP contribution is 2.44. The summed E-state index contributed by atoms with van der Waals surface area (Å²) in [5.41, 5.74) is 6.64. The maximum Gasteiger partial charge on any atom is 0.414 e. The molecule has 1 spiro atoms. The summed E-state index contributed by atoms with van der Waals surface area (Å²) in [6.45, 7) is 5.19. The molecule has 1 atom stereocenters. The van der Waals surface area contributed by atoms with Crippen molar-refractivity contribution in [3.8, 4) is 0 Å². The van der Waals surface area contributed by atoms with Crippen molar-refractivity contribution >= 4 is 27.8 Å². The lowest BCUT2D eigenvalue weighted by Gasteiger charge is -2.36. The molecule has 142 valence electrons. The van der Waals surface area contributed by atoms with Crippen LogP contribution in [0.15, 0.2) is 23.2 Å². The number of sulfonamides is 1. The van der Waals surface area contributed by atoms with E-state index in [1.54, 1.807) is 32.9 Å². The van der Waals surface area contributed by atoms with E-state index >= 15 is 0 Å². The van der Waals surface area contributed by atoms with Gasteiger partial charge in [-0.1, -0.05) is 6.07 Å². The van der Waals surface area contributed by atoms with Crippen molar-refractivity contribution in [1.82, 2.24) is 9.62 Å². The summed E-state index contributed by atoms with van der Waals surface area (Å²) in [4.78, 5) is 16.8. The fourth-order valence-corrected chi connectivity index (χ4v) is 4.84. The Balaban J connectivity index is 2.02. The van der Waals surface area contributed by atoms with E-state index in [9.17, 15) is 13.2 Å². The number of hydrogen-bond donors (Lipinski definition) is 2. The quantitative estimate of drug-likeness (QED) is 0.663. The number of fused-ring (bicyclic) bond motifs is 2. The highest BCUT2D eigenvalue weighted by atomic mass is 32.2. The second-order valence-electron chi connectivity index (χ2n) is 7.73. The molecule has 8 nitrogen and oxygen atoms in total. The lowest BCUT2D eigenvalue weighted by atomic mass is 9.94. The van der Waals surface area contributed by atoms with Crippen molar-refractivity contribution in [1.29, 1.82) is 0 Å². The highest BCUT2D eigenvalue weighted by molar-refractivity contribution is 7.89. The SMILES string of the molecule is CN1C(NC(=O)OC(C)(C)C)=N[C@@]2(CCc3ccc(N)cc32)CS1(=O)=O. The molecule has 0 aromatic heterocycles. The van der Waals surface area contributed by atoms with Crippen LogP contribution < -0.4 is 11.1 Å². The molecule has 1 aromatic rings. The smallest absolute Gasteiger partial charge is 0.414 e. The molecule has 0 saturated carbocycles. The van der Waals surface area contributed by atoms with E-state index in [-0.39, 0.29) is 11.7 Å². The number of carbonyl (C=O) groups excluding carboxylic acids is 1. The molecule has 1 amide bonds. The lowest BCUT2D eigenvalue weighted by molar-refractivity contribution is 0.0559. The van der Waals surface area contributed by atoms with Crippen LogP contribution in [0, 0.1) is 0 Å². The van der Waals surface area contributed by atoms with E-state index in [4.69, 9.17) is 10.5 Å². The molecule has 0 bridgehead atoms. The second-order valence-corrected chi connectivity index (χ2v) is 9.73. The molecule has 0 fully saturated rings. The molecule has 3 rings (SSSR count). The molecule has 1 aliphatic carbocycles. The van der Waals surface area contributed by atoms with E-state index in [0.717, 1.165) is 15.4 Å². The minimum absolute atomic E-state index is 0.0409. The first-order chi connectivity index (χ1) is 11.9. The lowest BCUT2D eigenvalue weighted by Crippen LogP contribution is -2.54. The van der Waals surface area contributed by atoms with Gasteiger partial charge in [0.1, 0.15) is 11.1 Å². The number of benzene rings is 1. The molecule has 2 aliphatic rings. The zero-order valence-electron chi connectivity index (χ0n) is 15.4. The van der Waals surface area contributed by atoms with E-state index < -0.39 is 27.3 Å². The summed E-state index contributed by atoms with van der Waals surface area (Å²) >= 11 is 0. The van der Waals surface area contributed by atoms with Gasteiger partial charge in [0, 0.05) is 12.7 Å². The van der Waals surface area contributed by atoms with Crippen LogP contribution in [0.2, 0.25) is 0 Å². The van der Waals surface area contributed by atoms with Gasteiger partial charge in [-0.3, -0.25) is 5.32 Å². The van der Waals surface area contributed by atoms with E-state index in [1.165, 1.54) is 7.05 Å². The number of hydrogen-bond acceptors (Lipinski definition) is 6. The molecule has 0 radical (unpaired) electrons. The zero-order valence-corrected chi connectivity index (χ0v) is 16.2. The maximum absolute atomic E-state index is 12.7. The van der Waals surface area contributed by atoms with Gasteiger partial charge in [-0.25, -0.2) is 22.5 Å². The van der Waals surface area contributed by atoms with Crippen molar-refractivity contribution in [3.05, 3.63) is 29.3 Å². The van der Waals surface area contributed by atoms with Gasteiger partial charge in [0.15, 0.2) is 0 Å². The number of nitrogens with zero attached hydrogens (tertiary/aromatic N) is 2. The van der Waals surface area contributed by atoms with Gasteiger partial charge in [0.25, 0.3) is 0 Å². The largest absolute Gasteiger partial charge is 0.444 e. The number of rotatable bonds is 0. The molecule has 9 heteroatoms. The summed E-state index contributed by atoms with van der Waals surface area (Å²) in [5.74, 6) is -0.201. The van der Waals surface area contributed by atoms with Gasteiger partial charge in [-0.2, -0.15) is 0 Å². The van der Waals surface area contributed by atoms with Crippen LogP contribution in [0.5, 0.6) is 0 Å². The van der Waals surface area contributed by atoms with Gasteiger partial charge < -0.3 is 10.5 Å². The number of carbonyl (C=O) groups is 1. The minimum atomic E-state index is -3.66. The molecule has 1 heterocycles. The number of nitrogens with one attached hydrogen (secondary N) is 1. The minimum Gasteiger partial charge on any atom is -0.444 e. The number of nitrogens with two attached hydrogens (primary N) is 1. The number of ether oxygens (including phenoxy) is 1. The molecule has 1 aromatic carbocycles. The van der Waals surface area contributed by atoms with Crippen LogP contribution in [0.25, 0.3) is 0 Å². The van der Waals surface area contributed by atoms with E-state index in [0.29, 0.717) is 18.5 Å². The average Bonchev–Trinajstić information content (AvgIpc) is 2.80. The maximum atomic E-state index is 12.7. The van der Waals surface area contributed by atoms with Crippen molar-refractivity contribution < 1.29 is 17.9 Å². The van der Waals surface area contributed by atoms with Crippen molar-refractivity contribution in [3.63, 3.8) is 0 Å². The third-order valence-electron chi connectivity index (χ3n) is 4.51. The van der Waals surface area contributed by atoms with Crippen molar-refractivity contribution in [2.75, 3.05) is 18.5 Å². The monoisotopic (exact) mass is 380 g/mol. The molecule has 0 saturated heterocycles. The normalized spacial score (nSPS) is 24.2. The Morgan fingerprint density at radius 3 is 2.73 bits per heavy atom. The van der Waals surface area contributed by atoms with Gasteiger partial charge in [-0.15, -0.1) is 0 Å². The first-order valence-corrected chi connectivity index (χ1v) is 9.98. The average molecular weight is 380 g/mol. The fraction of sp³-hybridized carbons (Fsp3) is 0.529. The number of amides is 1. The number of nitrogen functional groups attached to an aromatic ring is 1. The summed E-state index contributed by atoms with van der Waals surface area (Å²) in [6, 6.07) is 5.48. The predicted molar refractivity (Wildman–Crippen MR) is 99.2 cm³/mol. The van der Waals surface area contributed by atoms with Gasteiger partial charge in [-0.05, 0) is 56.9 Å². The third-order valence-corrected chi connectivity index (χ3v) is 6.36. The molecule has 0 unspecified atom stereocenters. The van der Waals surface area contributed by atoms with Crippen LogP contribution in [0.3, 0.4) is 0 Å². The van der Waals surface area contributed by atoms with Crippen LogP contribution in [-0.2, 0) is 26.7 Å². The van der Waals surface area contributed by atoms with Gasteiger partial charge in [0.05, 0.1) is 5.75 Å². The number of aliphatic imine (C=N–C) groups is 1. The zero-order chi connectivity index (χ0) is 19.3. The standard InChI is InChI=1S/C17H24N4O4S/c1-16(2,3)25-15(22)19-14-20-17(10-26(23,24)21(14)4)8-7-11-5-6-12(18)9-13(11)17/h5-6,9H,7-8,10,18H2,1-4H3,(H,19,20,22)/t17-/m0/s1. The first kappa shape index (κ1) is 18.5. The Kier molecular flexibility index (Phi) is 4.18. The fourth-order valence-electron chi connectivity index (χ4n) is 3.32. The first-order valence-electron chi connectivity index (χ1n) is 8.37. The van der Waals surface area contributed by atoms with Crippen LogP contribution in [0.1, 0.15) is 38.3 Å². The molecule has 3 N–H and O–H groups in total. The molecular weight excluding hydrogens is 356 g/mol. The van der Waals surface area contributed by atoms with Crippen LogP contribution in [0.4, 0.5) is 10.5 Å². The molecule has 26 heavy (non-hydrogen) atoms. The Labute approximate surface area is 153 Å². The Hall–Kier alpha value is -2.29. The predicted octanol–water partition coefficient (Wildman–Crippen LogP) is 1.57. The molecule has 1 aliphatic heterocycles. The van der Waals surface area contributed by atoms with E-state index in [1.807, 2.05) is 6.07 Å². The van der Waals surface area contributed by atoms with Crippen LogP contribution in [-0.4, -0.2) is 43.2 Å². The highest BCUT2D eigenvalue weighted by Gasteiger charge is 2.48. The second kappa shape index (κ2) is 5.87. The Morgan fingerprint density at radius 2 is 2.08 bits per heavy atom. The third kappa shape index (κ3) is 3.35. The summed E-state index contributed by atoms with van der Waals surface area (Å²) in [7, 11) is -2.29. The van der Waals surface area contributed by atoms with E-state index in [2.05, 4.69) is 10.3 Å². The number of aryl methyl sites for hydroxylation is 1. The molecular formula is C17H24N4O4S. The van der Waals surface area contributed by atoms with Crippen molar-refractivity contribution in [2.24, 2.45) is 4.99 Å². The summed E-state index contributed by atoms with van der Waals surface area (Å²) < 4.78 is 31.7. The topological polar surface area (TPSA) is 114 Å². The summed E-state index contributed by atoms with van der Waals surface area (Å²) in [5, 5.41) is 2.48. The Morgan fingerprint density at radius 1 is 1.38 bits per heavy atom. The Bertz CT molecular complexity index is 889. The summed E-state index contributed by atoms with van der Waals surface area (Å²) in [6.07, 6.45) is 0.498. The van der Waals surface area contributed by atoms with Crippen molar-refractivity contribution in [2.45, 2.75) is 44.8 Å². The van der Waals surface area contributed by atoms with Gasteiger partial charge in [0.2, 0.25) is 16.0 Å². The van der Waals surface area contributed by atoms with Gasteiger partial charge >= 0.3 is 6.09 Å². The van der Waals surface area contributed by atoms with Crippen LogP contribution >= 0.6 is 0 Å². The number of guanidine groups is 1.